The van der Waals surface area contributed by atoms with Crippen molar-refractivity contribution >= 4 is 5.91 Å². The van der Waals surface area contributed by atoms with Gasteiger partial charge in [-0.2, -0.15) is 0 Å². The Kier molecular flexibility index (Phi) is 3.96. The number of ether oxygens (including phenoxy) is 2. The van der Waals surface area contributed by atoms with Gasteiger partial charge >= 0.3 is 0 Å². The van der Waals surface area contributed by atoms with E-state index in [0.29, 0.717) is 19.7 Å². The van der Waals surface area contributed by atoms with Gasteiger partial charge in [0.1, 0.15) is 12.2 Å². The molecule has 0 aliphatic carbocycles. The number of nitrogens with zero attached hydrogens (tertiary/aromatic N) is 3. The molecular formula is C12H19N3O6. The van der Waals surface area contributed by atoms with Gasteiger partial charge in [0.05, 0.1) is 19.3 Å². The third kappa shape index (κ3) is 2.81. The van der Waals surface area contributed by atoms with E-state index >= 15 is 0 Å². The van der Waals surface area contributed by atoms with Gasteiger partial charge in [-0.05, 0) is 0 Å². The molecule has 0 aromatic rings. The fourth-order valence-corrected chi connectivity index (χ4v) is 3.33. The minimum absolute atomic E-state index is 0.0736. The van der Waals surface area contributed by atoms with Gasteiger partial charge in [-0.1, -0.05) is 0 Å². The standard InChI is InChI=1S/C12H19N3O6/c1-8(16)13-2-4-14(5-3-13)9-6-19-12-10(21-15(17)18)7-20-11(9)12/h9-12H,2-7H2,1H3/t9-,10-,11?,12+/m0/s1. The molecule has 3 heterocycles. The second kappa shape index (κ2) is 5.74. The highest BCUT2D eigenvalue weighted by molar-refractivity contribution is 5.73. The highest BCUT2D eigenvalue weighted by Crippen LogP contribution is 2.32. The average molecular weight is 301 g/mol. The van der Waals surface area contributed by atoms with Crippen molar-refractivity contribution in [3.8, 4) is 0 Å². The molecule has 9 heteroatoms. The molecule has 1 amide bonds. The van der Waals surface area contributed by atoms with Crippen molar-refractivity contribution in [3.63, 3.8) is 0 Å². The van der Waals surface area contributed by atoms with E-state index in [2.05, 4.69) is 9.74 Å². The molecule has 3 aliphatic heterocycles. The lowest BCUT2D eigenvalue weighted by Crippen LogP contribution is -2.54. The first kappa shape index (κ1) is 14.5. The second-order valence-electron chi connectivity index (χ2n) is 5.57. The van der Waals surface area contributed by atoms with Gasteiger partial charge in [0.15, 0.2) is 6.10 Å². The minimum atomic E-state index is -0.793. The van der Waals surface area contributed by atoms with Crippen LogP contribution in [0.5, 0.6) is 0 Å². The fourth-order valence-electron chi connectivity index (χ4n) is 3.33. The van der Waals surface area contributed by atoms with Crippen LogP contribution >= 0.6 is 0 Å². The second-order valence-corrected chi connectivity index (χ2v) is 5.57. The number of rotatable bonds is 3. The first-order valence-electron chi connectivity index (χ1n) is 7.10. The minimum Gasteiger partial charge on any atom is -0.371 e. The average Bonchev–Trinajstić information content (AvgIpc) is 3.01. The van der Waals surface area contributed by atoms with Crippen LogP contribution in [0.2, 0.25) is 0 Å². The van der Waals surface area contributed by atoms with Gasteiger partial charge in [-0.3, -0.25) is 9.69 Å². The Morgan fingerprint density at radius 3 is 2.48 bits per heavy atom. The van der Waals surface area contributed by atoms with Crippen LogP contribution in [0, 0.1) is 10.1 Å². The molecule has 0 N–H and O–H groups in total. The predicted molar refractivity (Wildman–Crippen MR) is 69.0 cm³/mol. The molecule has 1 unspecified atom stereocenters. The normalized spacial score (nSPS) is 36.5. The maximum absolute atomic E-state index is 11.3. The lowest BCUT2D eigenvalue weighted by Gasteiger charge is -2.38. The monoisotopic (exact) mass is 301 g/mol. The summed E-state index contributed by atoms with van der Waals surface area (Å²) >= 11 is 0. The molecule has 0 spiro atoms. The number of fused-ring (bicyclic) bond motifs is 1. The number of piperazine rings is 1. The SMILES string of the molecule is CC(=O)N1CCN([C@H]2CO[C@H]3C2OC[C@@H]3O[N+](=O)[O-])CC1. The number of hydrogen-bond acceptors (Lipinski definition) is 7. The van der Waals surface area contributed by atoms with E-state index in [1.54, 1.807) is 6.92 Å². The fraction of sp³-hybridized carbons (Fsp3) is 0.917. The molecule has 4 atom stereocenters. The first-order valence-corrected chi connectivity index (χ1v) is 7.10. The van der Waals surface area contributed by atoms with Crippen LogP contribution in [0.25, 0.3) is 0 Å². The molecule has 0 saturated carbocycles. The Morgan fingerprint density at radius 2 is 1.86 bits per heavy atom. The van der Waals surface area contributed by atoms with E-state index in [9.17, 15) is 14.9 Å². The summed E-state index contributed by atoms with van der Waals surface area (Å²) in [6, 6.07) is 0.0736. The summed E-state index contributed by atoms with van der Waals surface area (Å²) in [5, 5.41) is 9.66. The van der Waals surface area contributed by atoms with Gasteiger partial charge in [0.2, 0.25) is 5.91 Å². The quantitative estimate of drug-likeness (QED) is 0.482. The number of carbonyl (C=O) groups excluding carboxylic acids is 1. The van der Waals surface area contributed by atoms with Crippen LogP contribution in [0.15, 0.2) is 0 Å². The van der Waals surface area contributed by atoms with Gasteiger partial charge in [0.25, 0.3) is 5.09 Å². The summed E-state index contributed by atoms with van der Waals surface area (Å²) in [4.78, 5) is 30.4. The third-order valence-electron chi connectivity index (χ3n) is 4.43. The maximum atomic E-state index is 11.3. The van der Waals surface area contributed by atoms with Crippen LogP contribution in [0.4, 0.5) is 0 Å². The molecule has 0 aromatic heterocycles. The predicted octanol–water partition coefficient (Wildman–Crippen LogP) is -1.11. The lowest BCUT2D eigenvalue weighted by atomic mass is 10.1. The molecule has 0 radical (unpaired) electrons. The van der Waals surface area contributed by atoms with Gasteiger partial charge in [-0.25, -0.2) is 0 Å². The molecule has 3 aliphatic rings. The van der Waals surface area contributed by atoms with Crippen LogP contribution < -0.4 is 0 Å². The Hall–Kier alpha value is -1.45. The van der Waals surface area contributed by atoms with Crippen molar-refractivity contribution < 1.29 is 24.2 Å². The van der Waals surface area contributed by atoms with Crippen molar-refractivity contribution in [1.82, 2.24) is 9.80 Å². The van der Waals surface area contributed by atoms with Crippen molar-refractivity contribution in [1.29, 1.82) is 0 Å². The van der Waals surface area contributed by atoms with Crippen molar-refractivity contribution in [3.05, 3.63) is 10.1 Å². The smallest absolute Gasteiger partial charge is 0.294 e. The topological polar surface area (TPSA) is 94.4 Å². The number of amides is 1. The van der Waals surface area contributed by atoms with Crippen LogP contribution in [0.3, 0.4) is 0 Å². The number of hydrogen-bond donors (Lipinski definition) is 0. The third-order valence-corrected chi connectivity index (χ3v) is 4.43. The van der Waals surface area contributed by atoms with E-state index in [-0.39, 0.29) is 30.8 Å². The molecule has 118 valence electrons. The zero-order chi connectivity index (χ0) is 15.0. The summed E-state index contributed by atoms with van der Waals surface area (Å²) in [5.41, 5.74) is 0. The van der Waals surface area contributed by atoms with Crippen molar-refractivity contribution in [2.45, 2.75) is 31.3 Å². The van der Waals surface area contributed by atoms with Crippen molar-refractivity contribution in [2.75, 3.05) is 39.4 Å². The van der Waals surface area contributed by atoms with Gasteiger partial charge in [0, 0.05) is 33.1 Å². The van der Waals surface area contributed by atoms with Crippen LogP contribution in [-0.4, -0.2) is 84.5 Å². The van der Waals surface area contributed by atoms with Gasteiger partial charge in [-0.15, -0.1) is 10.1 Å². The summed E-state index contributed by atoms with van der Waals surface area (Å²) < 4.78 is 11.3. The Bertz CT molecular complexity index is 425. The Morgan fingerprint density at radius 1 is 1.19 bits per heavy atom. The highest BCUT2D eigenvalue weighted by atomic mass is 17.0. The zero-order valence-electron chi connectivity index (χ0n) is 11.8. The molecule has 0 bridgehead atoms. The van der Waals surface area contributed by atoms with E-state index in [1.165, 1.54) is 0 Å². The lowest BCUT2D eigenvalue weighted by molar-refractivity contribution is -0.769. The van der Waals surface area contributed by atoms with Crippen molar-refractivity contribution in [2.24, 2.45) is 0 Å². The molecule has 9 nitrogen and oxygen atoms in total. The highest BCUT2D eigenvalue weighted by Gasteiger charge is 2.51. The zero-order valence-corrected chi connectivity index (χ0v) is 11.8. The molecule has 3 rings (SSSR count). The summed E-state index contributed by atoms with van der Waals surface area (Å²) in [6.45, 7) is 5.15. The van der Waals surface area contributed by atoms with Gasteiger partial charge < -0.3 is 19.2 Å². The summed E-state index contributed by atoms with van der Waals surface area (Å²) in [7, 11) is 0. The molecule has 3 fully saturated rings. The van der Waals surface area contributed by atoms with Crippen LogP contribution in [0.1, 0.15) is 6.92 Å². The van der Waals surface area contributed by atoms with E-state index in [0.717, 1.165) is 13.1 Å². The Labute approximate surface area is 121 Å². The van der Waals surface area contributed by atoms with E-state index < -0.39 is 11.2 Å². The molecule has 0 aromatic carbocycles. The molecular weight excluding hydrogens is 282 g/mol. The largest absolute Gasteiger partial charge is 0.371 e. The van der Waals surface area contributed by atoms with Crippen LogP contribution in [-0.2, 0) is 19.1 Å². The maximum Gasteiger partial charge on any atom is 0.294 e. The molecule has 21 heavy (non-hydrogen) atoms. The molecule has 3 saturated heterocycles. The summed E-state index contributed by atoms with van der Waals surface area (Å²) in [5.74, 6) is 0.0896. The summed E-state index contributed by atoms with van der Waals surface area (Å²) in [6.07, 6.45) is -1.22. The van der Waals surface area contributed by atoms with E-state index in [4.69, 9.17) is 9.47 Å². The Balaban J connectivity index is 1.57. The number of carbonyl (C=O) groups is 1. The first-order chi connectivity index (χ1) is 10.1. The van der Waals surface area contributed by atoms with E-state index in [1.807, 2.05) is 4.90 Å².